The number of anilines is 1. The summed E-state index contributed by atoms with van der Waals surface area (Å²) < 4.78 is 11.8. The van der Waals surface area contributed by atoms with Crippen molar-refractivity contribution >= 4 is 17.7 Å². The van der Waals surface area contributed by atoms with Gasteiger partial charge >= 0.3 is 5.97 Å². The number of nitrogens with zero attached hydrogens (tertiary/aromatic N) is 3. The van der Waals surface area contributed by atoms with E-state index in [1.165, 1.54) is 13.4 Å². The average molecular weight is 430 g/mol. The Morgan fingerprint density at radius 3 is 2.44 bits per heavy atom. The minimum atomic E-state index is -0.403. The number of methoxy groups -OCH3 is 2. The van der Waals surface area contributed by atoms with Crippen LogP contribution in [-0.4, -0.2) is 40.7 Å². The highest BCUT2D eigenvalue weighted by atomic mass is 16.5. The van der Waals surface area contributed by atoms with Crippen molar-refractivity contribution < 1.29 is 19.1 Å². The molecule has 2 heterocycles. The van der Waals surface area contributed by atoms with E-state index >= 15 is 0 Å². The van der Waals surface area contributed by atoms with Crippen molar-refractivity contribution in [2.75, 3.05) is 19.5 Å². The van der Waals surface area contributed by atoms with Crippen LogP contribution in [0.15, 0.2) is 66.1 Å². The number of hydrogen-bond acceptors (Lipinski definition) is 7. The lowest BCUT2D eigenvalue weighted by molar-refractivity contribution is -0.116. The number of aromatic nitrogens is 3. The maximum atomic E-state index is 13.4. The van der Waals surface area contributed by atoms with Crippen LogP contribution >= 0.6 is 0 Å². The van der Waals surface area contributed by atoms with Crippen LogP contribution in [0.25, 0.3) is 0 Å². The number of ketones is 1. The van der Waals surface area contributed by atoms with E-state index in [1.807, 2.05) is 36.4 Å². The van der Waals surface area contributed by atoms with E-state index in [1.54, 1.807) is 23.9 Å². The molecule has 0 unspecified atom stereocenters. The molecule has 2 atom stereocenters. The molecule has 8 heteroatoms. The molecule has 0 radical (unpaired) electrons. The van der Waals surface area contributed by atoms with Gasteiger partial charge < -0.3 is 14.8 Å². The second-order valence-corrected chi connectivity index (χ2v) is 7.86. The van der Waals surface area contributed by atoms with E-state index in [0.29, 0.717) is 29.9 Å². The molecule has 0 fully saturated rings. The van der Waals surface area contributed by atoms with Crippen LogP contribution in [0.5, 0.6) is 5.75 Å². The summed E-state index contributed by atoms with van der Waals surface area (Å²) in [7, 11) is 2.98. The Labute approximate surface area is 184 Å². The number of benzene rings is 2. The third-order valence-electron chi connectivity index (χ3n) is 6.10. The van der Waals surface area contributed by atoms with Gasteiger partial charge in [0.05, 0.1) is 19.8 Å². The zero-order valence-electron chi connectivity index (χ0n) is 17.7. The first-order chi connectivity index (χ1) is 15.6. The maximum absolute atomic E-state index is 13.4. The van der Waals surface area contributed by atoms with Crippen LogP contribution in [0.3, 0.4) is 0 Å². The van der Waals surface area contributed by atoms with Crippen LogP contribution in [0.1, 0.15) is 46.3 Å². The number of esters is 1. The standard InChI is InChI=1S/C24H22N4O4/c1-31-18-9-7-14(8-10-18)17-11-19-21(20(29)12-17)22(28-24(27-19)25-13-26-28)15-3-5-16(6-4-15)23(30)32-2/h3-10,13,17,22H,11-12H2,1-2H3,(H,25,26,27)/t17-,22-/m1/s1. The summed E-state index contributed by atoms with van der Waals surface area (Å²) >= 11 is 0. The van der Waals surface area contributed by atoms with Gasteiger partial charge in [-0.05, 0) is 47.7 Å². The van der Waals surface area contributed by atoms with Crippen molar-refractivity contribution in [2.24, 2.45) is 0 Å². The smallest absolute Gasteiger partial charge is 0.337 e. The van der Waals surface area contributed by atoms with Gasteiger partial charge in [0.2, 0.25) is 5.95 Å². The highest BCUT2D eigenvalue weighted by Crippen LogP contribution is 2.43. The summed E-state index contributed by atoms with van der Waals surface area (Å²) in [5.74, 6) is 1.11. The minimum absolute atomic E-state index is 0.0662. The molecule has 0 saturated carbocycles. The van der Waals surface area contributed by atoms with Crippen LogP contribution in [0, 0.1) is 0 Å². The fourth-order valence-electron chi connectivity index (χ4n) is 4.49. The lowest BCUT2D eigenvalue weighted by atomic mass is 9.78. The molecule has 1 aliphatic heterocycles. The molecule has 0 bridgehead atoms. The Hall–Kier alpha value is -3.94. The Morgan fingerprint density at radius 2 is 1.75 bits per heavy atom. The molecule has 3 aromatic rings. The molecule has 1 aliphatic carbocycles. The van der Waals surface area contributed by atoms with Crippen molar-refractivity contribution in [3.8, 4) is 5.75 Å². The van der Waals surface area contributed by atoms with E-state index in [-0.39, 0.29) is 11.7 Å². The predicted octanol–water partition coefficient (Wildman–Crippen LogP) is 3.49. The highest BCUT2D eigenvalue weighted by Gasteiger charge is 2.39. The van der Waals surface area contributed by atoms with Crippen LogP contribution in [0.2, 0.25) is 0 Å². The summed E-state index contributed by atoms with van der Waals surface area (Å²) in [5.41, 5.74) is 3.96. The zero-order chi connectivity index (χ0) is 22.2. The number of hydrogen-bond donors (Lipinski definition) is 1. The number of allylic oxidation sites excluding steroid dienone is 2. The van der Waals surface area contributed by atoms with Crippen molar-refractivity contribution in [3.05, 3.63) is 82.8 Å². The molecule has 2 aromatic carbocycles. The average Bonchev–Trinajstić information content (AvgIpc) is 3.30. The summed E-state index contributed by atoms with van der Waals surface area (Å²) in [6, 6.07) is 14.5. The van der Waals surface area contributed by atoms with Crippen molar-refractivity contribution in [1.82, 2.24) is 14.8 Å². The van der Waals surface area contributed by atoms with E-state index < -0.39 is 12.0 Å². The quantitative estimate of drug-likeness (QED) is 0.633. The molecule has 0 amide bonds. The molecule has 32 heavy (non-hydrogen) atoms. The first-order valence-electron chi connectivity index (χ1n) is 10.3. The number of ether oxygens (including phenoxy) is 2. The molecule has 2 aliphatic rings. The van der Waals surface area contributed by atoms with Gasteiger partial charge in [0.15, 0.2) is 5.78 Å². The molecule has 1 N–H and O–H groups in total. The normalized spacial score (nSPS) is 19.6. The third kappa shape index (κ3) is 3.33. The molecule has 8 nitrogen and oxygen atoms in total. The molecule has 1 aromatic heterocycles. The van der Waals surface area contributed by atoms with Gasteiger partial charge in [-0.15, -0.1) is 0 Å². The zero-order valence-corrected chi connectivity index (χ0v) is 17.7. The minimum Gasteiger partial charge on any atom is -0.497 e. The molecule has 5 rings (SSSR count). The summed E-state index contributed by atoms with van der Waals surface area (Å²) in [5, 5.41) is 7.68. The van der Waals surface area contributed by atoms with Gasteiger partial charge in [-0.25, -0.2) is 9.48 Å². The van der Waals surface area contributed by atoms with Crippen LogP contribution < -0.4 is 10.1 Å². The van der Waals surface area contributed by atoms with E-state index in [9.17, 15) is 9.59 Å². The van der Waals surface area contributed by atoms with Crippen molar-refractivity contribution in [3.63, 3.8) is 0 Å². The Kier molecular flexibility index (Phi) is 4.97. The Morgan fingerprint density at radius 1 is 1.03 bits per heavy atom. The van der Waals surface area contributed by atoms with Gasteiger partial charge in [-0.2, -0.15) is 10.1 Å². The second-order valence-electron chi connectivity index (χ2n) is 7.86. The Bertz CT molecular complexity index is 1210. The number of rotatable bonds is 4. The highest BCUT2D eigenvalue weighted by molar-refractivity contribution is 6.00. The first kappa shape index (κ1) is 20.0. The lowest BCUT2D eigenvalue weighted by Crippen LogP contribution is -2.33. The summed E-state index contributed by atoms with van der Waals surface area (Å²) in [6.45, 7) is 0. The van der Waals surface area contributed by atoms with Crippen molar-refractivity contribution in [2.45, 2.75) is 24.8 Å². The van der Waals surface area contributed by atoms with Gasteiger partial charge in [0.25, 0.3) is 0 Å². The monoisotopic (exact) mass is 430 g/mol. The van der Waals surface area contributed by atoms with Crippen LogP contribution in [-0.2, 0) is 9.53 Å². The van der Waals surface area contributed by atoms with Gasteiger partial charge in [0, 0.05) is 17.7 Å². The summed E-state index contributed by atoms with van der Waals surface area (Å²) in [4.78, 5) is 29.6. The van der Waals surface area contributed by atoms with Crippen LogP contribution in [0.4, 0.5) is 5.95 Å². The molecule has 162 valence electrons. The largest absolute Gasteiger partial charge is 0.497 e. The van der Waals surface area contributed by atoms with E-state index in [2.05, 4.69) is 15.4 Å². The molecule has 0 spiro atoms. The van der Waals surface area contributed by atoms with Gasteiger partial charge in [-0.1, -0.05) is 24.3 Å². The number of carbonyl (C=O) groups excluding carboxylic acids is 2. The predicted molar refractivity (Wildman–Crippen MR) is 117 cm³/mol. The maximum Gasteiger partial charge on any atom is 0.337 e. The second kappa shape index (κ2) is 7.96. The van der Waals surface area contributed by atoms with Gasteiger partial charge in [-0.3, -0.25) is 4.79 Å². The first-order valence-corrected chi connectivity index (χ1v) is 10.3. The topological polar surface area (TPSA) is 95.3 Å². The SMILES string of the molecule is COC(=O)c1ccc([C@@H]2C3=C(C[C@@H](c4ccc(OC)cc4)CC3=O)Nc3ncnn32)cc1. The fourth-order valence-corrected chi connectivity index (χ4v) is 4.49. The van der Waals surface area contributed by atoms with Crippen molar-refractivity contribution in [1.29, 1.82) is 0 Å². The van der Waals surface area contributed by atoms with Gasteiger partial charge in [0.1, 0.15) is 18.1 Å². The summed E-state index contributed by atoms with van der Waals surface area (Å²) in [6.07, 6.45) is 2.58. The van der Waals surface area contributed by atoms with E-state index in [4.69, 9.17) is 9.47 Å². The Balaban J connectivity index is 1.52. The molecular formula is C24H22N4O4. The third-order valence-corrected chi connectivity index (χ3v) is 6.10. The number of nitrogens with one attached hydrogen (secondary N) is 1. The fraction of sp³-hybridized carbons (Fsp3) is 0.250. The number of carbonyl (C=O) groups is 2. The van der Waals surface area contributed by atoms with E-state index in [0.717, 1.165) is 22.6 Å². The lowest BCUT2D eigenvalue weighted by Gasteiger charge is -2.35. The number of fused-ring (bicyclic) bond motifs is 1. The molecule has 0 saturated heterocycles. The number of Topliss-reactive ketones (excluding diaryl/α,β-unsaturated/α-hetero) is 1. The molecular weight excluding hydrogens is 408 g/mol.